The fourth-order valence-corrected chi connectivity index (χ4v) is 3.16. The molecule has 0 N–H and O–H groups in total. The zero-order valence-corrected chi connectivity index (χ0v) is 16.2. The van der Waals surface area contributed by atoms with Crippen molar-refractivity contribution in [3.05, 3.63) is 41.5 Å². The third-order valence-corrected chi connectivity index (χ3v) is 9.60. The highest BCUT2D eigenvalue weighted by atomic mass is 28.4. The monoisotopic (exact) mass is 330 g/mol. The van der Waals surface area contributed by atoms with E-state index in [1.807, 2.05) is 6.08 Å². The smallest absolute Gasteiger partial charge is 0.191 e. The number of rotatable bonds is 7. The molecular formula is C20H30O2Si. The number of benzene rings is 1. The highest BCUT2D eigenvalue weighted by Gasteiger charge is 2.36. The van der Waals surface area contributed by atoms with Gasteiger partial charge in [-0.25, -0.2) is 0 Å². The van der Waals surface area contributed by atoms with Gasteiger partial charge in [0, 0.05) is 12.5 Å². The zero-order chi connectivity index (χ0) is 17.1. The molecule has 0 bridgehead atoms. The largest absolute Gasteiger partial charge is 0.416 e. The van der Waals surface area contributed by atoms with Gasteiger partial charge in [0.2, 0.25) is 0 Å². The first-order valence-corrected chi connectivity index (χ1v) is 11.5. The van der Waals surface area contributed by atoms with Gasteiger partial charge in [0.15, 0.2) is 14.1 Å². The van der Waals surface area contributed by atoms with E-state index in [9.17, 15) is 4.79 Å². The molecule has 1 aromatic carbocycles. The van der Waals surface area contributed by atoms with Crippen LogP contribution >= 0.6 is 0 Å². The lowest BCUT2D eigenvalue weighted by Crippen LogP contribution is -2.41. The predicted octanol–water partition coefficient (Wildman–Crippen LogP) is 5.24. The molecule has 2 rings (SSSR count). The van der Waals surface area contributed by atoms with Crippen molar-refractivity contribution in [2.75, 3.05) is 6.61 Å². The van der Waals surface area contributed by atoms with Gasteiger partial charge in [-0.1, -0.05) is 51.1 Å². The molecule has 0 radical (unpaired) electrons. The molecule has 1 aliphatic carbocycles. The minimum absolute atomic E-state index is 0.260. The van der Waals surface area contributed by atoms with Gasteiger partial charge < -0.3 is 4.43 Å². The Bertz CT molecular complexity index is 560. The Balaban J connectivity index is 1.82. The maximum absolute atomic E-state index is 11.7. The highest BCUT2D eigenvalue weighted by Crippen LogP contribution is 2.36. The van der Waals surface area contributed by atoms with Crippen LogP contribution in [0.1, 0.15) is 44.7 Å². The first-order chi connectivity index (χ1) is 10.7. The Labute approximate surface area is 142 Å². The summed E-state index contributed by atoms with van der Waals surface area (Å²) in [6.07, 6.45) is 6.73. The summed E-state index contributed by atoms with van der Waals surface area (Å²) in [5.74, 6) is 0.579. The summed E-state index contributed by atoms with van der Waals surface area (Å²) < 4.78 is 6.22. The van der Waals surface area contributed by atoms with Gasteiger partial charge in [-0.2, -0.15) is 0 Å². The van der Waals surface area contributed by atoms with Crippen LogP contribution in [0.5, 0.6) is 0 Å². The van der Waals surface area contributed by atoms with E-state index in [-0.39, 0.29) is 10.8 Å². The van der Waals surface area contributed by atoms with E-state index in [0.29, 0.717) is 5.92 Å². The SMILES string of the molecule is CC(C)(C)[Si](C)(C)OCCc1ccc(/C=C/C(=O)C2CC2)cc1. The van der Waals surface area contributed by atoms with E-state index in [1.165, 1.54) is 5.56 Å². The van der Waals surface area contributed by atoms with Gasteiger partial charge in [-0.15, -0.1) is 0 Å². The number of hydrogen-bond acceptors (Lipinski definition) is 2. The minimum atomic E-state index is -1.65. The second-order valence-corrected chi connectivity index (χ2v) is 12.9. The second-order valence-electron chi connectivity index (χ2n) is 8.11. The molecule has 0 unspecified atom stereocenters. The first-order valence-electron chi connectivity index (χ1n) is 8.64. The number of ketones is 1. The van der Waals surface area contributed by atoms with Crippen LogP contribution in [0.3, 0.4) is 0 Å². The van der Waals surface area contributed by atoms with Crippen LogP contribution < -0.4 is 0 Å². The van der Waals surface area contributed by atoms with Crippen molar-refractivity contribution in [2.45, 2.75) is 58.2 Å². The summed E-state index contributed by atoms with van der Waals surface area (Å²) >= 11 is 0. The van der Waals surface area contributed by atoms with E-state index in [4.69, 9.17) is 4.43 Å². The van der Waals surface area contributed by atoms with Crippen LogP contribution in [-0.2, 0) is 15.6 Å². The van der Waals surface area contributed by atoms with E-state index in [1.54, 1.807) is 6.08 Å². The fraction of sp³-hybridized carbons (Fsp3) is 0.550. The van der Waals surface area contributed by atoms with Gasteiger partial charge in [0.1, 0.15) is 0 Å². The standard InChI is InChI=1S/C20H30O2Si/c1-20(2,3)23(4,5)22-15-14-17-8-6-16(7-9-17)10-13-19(21)18-11-12-18/h6-10,13,18H,11-12,14-15H2,1-5H3/b13-10+. The zero-order valence-electron chi connectivity index (χ0n) is 15.2. The van der Waals surface area contributed by atoms with Crippen molar-refractivity contribution in [1.29, 1.82) is 0 Å². The number of carbonyl (C=O) groups is 1. The maximum Gasteiger partial charge on any atom is 0.191 e. The molecule has 2 nitrogen and oxygen atoms in total. The average molecular weight is 331 g/mol. The summed E-state index contributed by atoms with van der Waals surface area (Å²) in [6, 6.07) is 8.43. The molecule has 23 heavy (non-hydrogen) atoms. The summed E-state index contributed by atoms with van der Waals surface area (Å²) in [7, 11) is -1.65. The summed E-state index contributed by atoms with van der Waals surface area (Å²) in [5, 5.41) is 0.260. The maximum atomic E-state index is 11.7. The number of carbonyl (C=O) groups excluding carboxylic acids is 1. The van der Waals surface area contributed by atoms with Gasteiger partial charge in [0.25, 0.3) is 0 Å². The van der Waals surface area contributed by atoms with Crippen LogP contribution in [0.15, 0.2) is 30.3 Å². The highest BCUT2D eigenvalue weighted by molar-refractivity contribution is 6.74. The topological polar surface area (TPSA) is 26.3 Å². The van der Waals surface area contributed by atoms with Crippen molar-refractivity contribution in [3.8, 4) is 0 Å². The summed E-state index contributed by atoms with van der Waals surface area (Å²) in [6.45, 7) is 12.2. The number of hydrogen-bond donors (Lipinski definition) is 0. The van der Waals surface area contributed by atoms with Crippen LogP contribution in [0.25, 0.3) is 6.08 Å². The molecule has 1 saturated carbocycles. The van der Waals surface area contributed by atoms with Crippen molar-refractivity contribution in [1.82, 2.24) is 0 Å². The van der Waals surface area contributed by atoms with Crippen LogP contribution in [0.2, 0.25) is 18.1 Å². The molecule has 0 spiro atoms. The van der Waals surface area contributed by atoms with Gasteiger partial charge in [0.05, 0.1) is 0 Å². The summed E-state index contributed by atoms with van der Waals surface area (Å²) in [4.78, 5) is 11.7. The summed E-state index contributed by atoms with van der Waals surface area (Å²) in [5.41, 5.74) is 2.38. The molecule has 3 heteroatoms. The Morgan fingerprint density at radius 1 is 1.22 bits per heavy atom. The minimum Gasteiger partial charge on any atom is -0.416 e. The predicted molar refractivity (Wildman–Crippen MR) is 100 cm³/mol. The van der Waals surface area contributed by atoms with Crippen LogP contribution in [-0.4, -0.2) is 20.7 Å². The normalized spacial score (nSPS) is 16.0. The number of allylic oxidation sites excluding steroid dienone is 1. The average Bonchev–Trinajstić information content (AvgIpc) is 3.29. The molecule has 1 aliphatic rings. The third kappa shape index (κ3) is 5.43. The van der Waals surface area contributed by atoms with Gasteiger partial charge in [-0.3, -0.25) is 4.79 Å². The van der Waals surface area contributed by atoms with E-state index in [2.05, 4.69) is 58.1 Å². The Morgan fingerprint density at radius 2 is 1.83 bits per heavy atom. The Kier molecular flexibility index (Phi) is 5.64. The first kappa shape index (κ1) is 18.1. The Morgan fingerprint density at radius 3 is 2.35 bits per heavy atom. The van der Waals surface area contributed by atoms with Crippen molar-refractivity contribution in [3.63, 3.8) is 0 Å². The van der Waals surface area contributed by atoms with Crippen molar-refractivity contribution in [2.24, 2.45) is 5.92 Å². The second kappa shape index (κ2) is 7.14. The van der Waals surface area contributed by atoms with Crippen LogP contribution in [0, 0.1) is 5.92 Å². The fourth-order valence-electron chi connectivity index (χ4n) is 2.12. The third-order valence-electron chi connectivity index (χ3n) is 5.06. The molecule has 0 amide bonds. The molecule has 1 aromatic rings. The lowest BCUT2D eigenvalue weighted by atomic mass is 10.1. The molecular weight excluding hydrogens is 300 g/mol. The Hall–Kier alpha value is -1.19. The molecule has 0 atom stereocenters. The van der Waals surface area contributed by atoms with Crippen LogP contribution in [0.4, 0.5) is 0 Å². The molecule has 0 aromatic heterocycles. The molecule has 0 saturated heterocycles. The molecule has 126 valence electrons. The van der Waals surface area contributed by atoms with Crippen molar-refractivity contribution < 1.29 is 9.22 Å². The lowest BCUT2D eigenvalue weighted by Gasteiger charge is -2.36. The van der Waals surface area contributed by atoms with Gasteiger partial charge in [-0.05, 0) is 54.6 Å². The lowest BCUT2D eigenvalue weighted by molar-refractivity contribution is -0.115. The van der Waals surface area contributed by atoms with Gasteiger partial charge >= 0.3 is 0 Å². The van der Waals surface area contributed by atoms with Crippen molar-refractivity contribution >= 4 is 20.2 Å². The quantitative estimate of drug-likeness (QED) is 0.504. The van der Waals surface area contributed by atoms with E-state index >= 15 is 0 Å². The molecule has 0 aliphatic heterocycles. The van der Waals surface area contributed by atoms with E-state index in [0.717, 1.165) is 31.4 Å². The molecule has 1 fully saturated rings. The molecule has 0 heterocycles. The van der Waals surface area contributed by atoms with E-state index < -0.39 is 8.32 Å².